The van der Waals surface area contributed by atoms with E-state index in [1.807, 2.05) is 0 Å². The molecule has 1 aromatic rings. The molecule has 1 amide bonds. The van der Waals surface area contributed by atoms with Gasteiger partial charge in [0.25, 0.3) is 0 Å². The van der Waals surface area contributed by atoms with Crippen molar-refractivity contribution in [3.8, 4) is 0 Å². The van der Waals surface area contributed by atoms with E-state index in [0.29, 0.717) is 5.69 Å². The Kier molecular flexibility index (Phi) is 6.60. The van der Waals surface area contributed by atoms with Crippen LogP contribution < -0.4 is 11.1 Å². The van der Waals surface area contributed by atoms with Gasteiger partial charge in [0, 0.05) is 37.8 Å². The van der Waals surface area contributed by atoms with Crippen LogP contribution in [-0.2, 0) is 35.5 Å². The molecule has 90 valence electrons. The van der Waals surface area contributed by atoms with E-state index in [2.05, 4.69) is 15.3 Å². The molecule has 7 nitrogen and oxygen atoms in total. The zero-order valence-electron chi connectivity index (χ0n) is 9.51. The normalized spacial score (nSPS) is 13.3. The van der Waals surface area contributed by atoms with Gasteiger partial charge in [-0.3, -0.25) is 4.79 Å². The van der Waals surface area contributed by atoms with E-state index >= 15 is 0 Å². The Labute approximate surface area is 111 Å². The molecule has 0 fully saturated rings. The molecule has 0 aromatic carbocycles. The number of nitrogens with one attached hydrogen (secondary N) is 2. The van der Waals surface area contributed by atoms with Crippen LogP contribution >= 0.6 is 0 Å². The van der Waals surface area contributed by atoms with Gasteiger partial charge in [0.05, 0.1) is 12.4 Å². The third-order valence-electron chi connectivity index (χ3n) is 2.01. The second-order valence-electron chi connectivity index (χ2n) is 3.47. The average Bonchev–Trinajstić information content (AvgIpc) is 2.68. The topological polar surface area (TPSA) is 121 Å². The van der Waals surface area contributed by atoms with Crippen molar-refractivity contribution < 1.29 is 34.2 Å². The number of carbonyl (C=O) groups is 2. The molecule has 1 rings (SSSR count). The summed E-state index contributed by atoms with van der Waals surface area (Å²) in [5.74, 6) is -1.60. The molecule has 2 unspecified atom stereocenters. The van der Waals surface area contributed by atoms with Crippen LogP contribution in [0.2, 0.25) is 0 Å². The Morgan fingerprint density at radius 2 is 2.29 bits per heavy atom. The SMILES string of the molecule is CC(N)C(=O)NC(Cc1cnc[nH]1)C(=O)O.[Zn]. The summed E-state index contributed by atoms with van der Waals surface area (Å²) in [6.45, 7) is 1.49. The smallest absolute Gasteiger partial charge is 0.326 e. The predicted octanol–water partition coefficient (Wildman–Crippen LogP) is -1.13. The summed E-state index contributed by atoms with van der Waals surface area (Å²) in [5, 5.41) is 11.3. The average molecular weight is 292 g/mol. The zero-order chi connectivity index (χ0) is 12.1. The number of nitrogens with two attached hydrogens (primary N) is 1. The molecule has 8 heteroatoms. The molecule has 0 aliphatic carbocycles. The number of carboxylic acids is 1. The van der Waals surface area contributed by atoms with Crippen molar-refractivity contribution >= 4 is 11.9 Å². The van der Waals surface area contributed by atoms with Crippen LogP contribution in [0.3, 0.4) is 0 Å². The number of amides is 1. The van der Waals surface area contributed by atoms with Crippen molar-refractivity contribution in [2.45, 2.75) is 25.4 Å². The minimum atomic E-state index is -1.11. The molecule has 0 bridgehead atoms. The summed E-state index contributed by atoms with van der Waals surface area (Å²) in [4.78, 5) is 28.7. The third-order valence-corrected chi connectivity index (χ3v) is 2.01. The number of carbonyl (C=O) groups excluding carboxylic acids is 1. The van der Waals surface area contributed by atoms with Crippen molar-refractivity contribution in [2.75, 3.05) is 0 Å². The summed E-state index contributed by atoms with van der Waals surface area (Å²) in [6.07, 6.45) is 3.10. The first-order chi connectivity index (χ1) is 7.50. The Morgan fingerprint density at radius 3 is 2.71 bits per heavy atom. The predicted molar refractivity (Wildman–Crippen MR) is 55.5 cm³/mol. The first kappa shape index (κ1) is 15.7. The van der Waals surface area contributed by atoms with Gasteiger partial charge < -0.3 is 21.1 Å². The molecule has 1 heterocycles. The van der Waals surface area contributed by atoms with E-state index in [0.717, 1.165) is 0 Å². The van der Waals surface area contributed by atoms with E-state index in [9.17, 15) is 9.59 Å². The van der Waals surface area contributed by atoms with Gasteiger partial charge in [0.2, 0.25) is 5.91 Å². The first-order valence-electron chi connectivity index (χ1n) is 4.76. The Hall–Kier alpha value is -1.27. The Balaban J connectivity index is 0.00000256. The molecule has 0 radical (unpaired) electrons. The number of rotatable bonds is 5. The van der Waals surface area contributed by atoms with Crippen molar-refractivity contribution in [3.05, 3.63) is 18.2 Å². The molecule has 0 saturated heterocycles. The van der Waals surface area contributed by atoms with Crippen LogP contribution in [0.4, 0.5) is 0 Å². The van der Waals surface area contributed by atoms with Crippen molar-refractivity contribution in [3.63, 3.8) is 0 Å². The number of aromatic nitrogens is 2. The standard InChI is InChI=1S/C9H14N4O3.Zn/c1-5(10)8(14)13-7(9(15)16)2-6-3-11-4-12-6;/h3-5,7H,2,10H2,1H3,(H,11,12)(H,13,14)(H,15,16);. The largest absolute Gasteiger partial charge is 0.480 e. The first-order valence-corrected chi connectivity index (χ1v) is 4.76. The van der Waals surface area contributed by atoms with Crippen LogP contribution in [0, 0.1) is 0 Å². The number of hydrogen-bond acceptors (Lipinski definition) is 4. The zero-order valence-corrected chi connectivity index (χ0v) is 12.5. The van der Waals surface area contributed by atoms with Crippen LogP contribution in [0.15, 0.2) is 12.5 Å². The molecule has 0 spiro atoms. The van der Waals surface area contributed by atoms with Crippen molar-refractivity contribution in [2.24, 2.45) is 5.73 Å². The van der Waals surface area contributed by atoms with E-state index in [-0.39, 0.29) is 25.9 Å². The second-order valence-corrected chi connectivity index (χ2v) is 3.47. The number of nitrogens with zero attached hydrogens (tertiary/aromatic N) is 1. The van der Waals surface area contributed by atoms with Crippen LogP contribution in [0.1, 0.15) is 12.6 Å². The van der Waals surface area contributed by atoms with Gasteiger partial charge >= 0.3 is 5.97 Å². The molecule has 5 N–H and O–H groups in total. The Bertz CT molecular complexity index is 366. The fourth-order valence-corrected chi connectivity index (χ4v) is 1.12. The number of H-pyrrole nitrogens is 1. The summed E-state index contributed by atoms with van der Waals surface area (Å²) in [6, 6.07) is -1.73. The van der Waals surface area contributed by atoms with Crippen molar-refractivity contribution in [1.82, 2.24) is 15.3 Å². The van der Waals surface area contributed by atoms with E-state index in [1.165, 1.54) is 19.4 Å². The molecule has 0 aliphatic heterocycles. The number of imidazole rings is 1. The maximum atomic E-state index is 11.3. The van der Waals surface area contributed by atoms with E-state index < -0.39 is 24.0 Å². The third kappa shape index (κ3) is 5.06. The number of aromatic amines is 1. The summed E-state index contributed by atoms with van der Waals surface area (Å²) < 4.78 is 0. The van der Waals surface area contributed by atoms with Gasteiger partial charge in [0.1, 0.15) is 6.04 Å². The summed E-state index contributed by atoms with van der Waals surface area (Å²) in [7, 11) is 0. The fourth-order valence-electron chi connectivity index (χ4n) is 1.12. The van der Waals surface area contributed by atoms with Crippen LogP contribution in [-0.4, -0.2) is 39.0 Å². The maximum Gasteiger partial charge on any atom is 0.326 e. The molecular formula is C9H14N4O3Zn. The maximum absolute atomic E-state index is 11.3. The van der Waals surface area contributed by atoms with E-state index in [1.54, 1.807) is 0 Å². The second kappa shape index (κ2) is 7.14. The number of carboxylic acid groups (broad SMARTS) is 1. The van der Waals surface area contributed by atoms with Crippen LogP contribution in [0.25, 0.3) is 0 Å². The molecule has 1 aromatic heterocycles. The minimum absolute atomic E-state index is 0. The molecular weight excluding hydrogens is 278 g/mol. The fraction of sp³-hybridized carbons (Fsp3) is 0.444. The summed E-state index contributed by atoms with van der Waals surface area (Å²) in [5.41, 5.74) is 5.97. The van der Waals surface area contributed by atoms with E-state index in [4.69, 9.17) is 10.8 Å². The van der Waals surface area contributed by atoms with Gasteiger partial charge in [-0.2, -0.15) is 0 Å². The van der Waals surface area contributed by atoms with Gasteiger partial charge in [-0.15, -0.1) is 0 Å². The monoisotopic (exact) mass is 290 g/mol. The molecule has 0 aliphatic rings. The molecule has 0 saturated carbocycles. The Morgan fingerprint density at radius 1 is 1.65 bits per heavy atom. The quantitative estimate of drug-likeness (QED) is 0.511. The van der Waals surface area contributed by atoms with Gasteiger partial charge in [0.15, 0.2) is 0 Å². The number of hydrogen-bond donors (Lipinski definition) is 4. The summed E-state index contributed by atoms with van der Waals surface area (Å²) >= 11 is 0. The van der Waals surface area contributed by atoms with Gasteiger partial charge in [-0.25, -0.2) is 9.78 Å². The van der Waals surface area contributed by atoms with Crippen molar-refractivity contribution in [1.29, 1.82) is 0 Å². The van der Waals surface area contributed by atoms with Gasteiger partial charge in [-0.1, -0.05) is 0 Å². The number of aliphatic carboxylic acids is 1. The minimum Gasteiger partial charge on any atom is -0.480 e. The molecule has 2 atom stereocenters. The van der Waals surface area contributed by atoms with Crippen LogP contribution in [0.5, 0.6) is 0 Å². The molecule has 17 heavy (non-hydrogen) atoms. The van der Waals surface area contributed by atoms with Gasteiger partial charge in [-0.05, 0) is 6.92 Å².